The van der Waals surface area contributed by atoms with Gasteiger partial charge in [-0.25, -0.2) is 9.59 Å². The van der Waals surface area contributed by atoms with Crippen molar-refractivity contribution >= 4 is 12.1 Å². The summed E-state index contributed by atoms with van der Waals surface area (Å²) >= 11 is 0. The second kappa shape index (κ2) is 9.00. The van der Waals surface area contributed by atoms with Crippen LogP contribution in [0.1, 0.15) is 40.0 Å². The van der Waals surface area contributed by atoms with E-state index in [1.54, 1.807) is 0 Å². The van der Waals surface area contributed by atoms with Gasteiger partial charge in [-0.05, 0) is 19.8 Å². The lowest BCUT2D eigenvalue weighted by Gasteiger charge is -2.12. The van der Waals surface area contributed by atoms with Gasteiger partial charge in [-0.2, -0.15) is 0 Å². The van der Waals surface area contributed by atoms with E-state index in [1.165, 1.54) is 6.92 Å². The first-order valence-electron chi connectivity index (χ1n) is 5.61. The molecule has 0 amide bonds. The number of hydrogen-bond donors (Lipinski definition) is 0. The molecule has 94 valence electrons. The minimum atomic E-state index is -0.916. The lowest BCUT2D eigenvalue weighted by molar-refractivity contribution is -0.154. The average Bonchev–Trinajstić information content (AvgIpc) is 2.26. The van der Waals surface area contributed by atoms with Gasteiger partial charge >= 0.3 is 12.1 Å². The number of unbranched alkanes of at least 4 members (excludes halogenated alkanes) is 1. The molecule has 0 aliphatic carbocycles. The fourth-order valence-corrected chi connectivity index (χ4v) is 0.846. The molecule has 0 aromatic heterocycles. The summed E-state index contributed by atoms with van der Waals surface area (Å²) in [4.78, 5) is 22.3. The van der Waals surface area contributed by atoms with Crippen molar-refractivity contribution in [3.8, 4) is 0 Å². The lowest BCUT2D eigenvalue weighted by atomic mass is 10.3. The van der Waals surface area contributed by atoms with Crippen molar-refractivity contribution in [1.29, 1.82) is 0 Å². The highest BCUT2D eigenvalue weighted by molar-refractivity contribution is 5.76. The molecule has 0 fully saturated rings. The zero-order valence-electron chi connectivity index (χ0n) is 10.2. The van der Waals surface area contributed by atoms with Crippen LogP contribution >= 0.6 is 0 Å². The van der Waals surface area contributed by atoms with Crippen LogP contribution < -0.4 is 0 Å². The molecule has 0 aromatic carbocycles. The summed E-state index contributed by atoms with van der Waals surface area (Å²) in [6, 6.07) is 0. The fraction of sp³-hybridized carbons (Fsp3) is 0.818. The third-order valence-corrected chi connectivity index (χ3v) is 1.77. The molecule has 0 aliphatic heterocycles. The molecule has 0 aromatic rings. The predicted molar refractivity (Wildman–Crippen MR) is 58.1 cm³/mol. The third-order valence-electron chi connectivity index (χ3n) is 1.77. The van der Waals surface area contributed by atoms with Crippen molar-refractivity contribution < 1.29 is 23.8 Å². The van der Waals surface area contributed by atoms with Crippen LogP contribution in [-0.4, -0.2) is 31.4 Å². The van der Waals surface area contributed by atoms with E-state index >= 15 is 0 Å². The standard InChI is InChI=1S/C11H20O5/c1-4-6-8-14-10(12)9(3)16-11(13)15-7-5-2/h9H,4-8H2,1-3H3/t9-/m1/s1. The normalized spacial score (nSPS) is 11.7. The van der Waals surface area contributed by atoms with Gasteiger partial charge in [0.1, 0.15) is 0 Å². The molecule has 0 heterocycles. The van der Waals surface area contributed by atoms with Crippen molar-refractivity contribution in [2.75, 3.05) is 13.2 Å². The summed E-state index contributed by atoms with van der Waals surface area (Å²) in [6.45, 7) is 5.97. The first kappa shape index (κ1) is 14.7. The van der Waals surface area contributed by atoms with E-state index in [-0.39, 0.29) is 6.61 Å². The molecule has 0 rings (SSSR count). The molecule has 5 nitrogen and oxygen atoms in total. The van der Waals surface area contributed by atoms with E-state index in [9.17, 15) is 9.59 Å². The highest BCUT2D eigenvalue weighted by Gasteiger charge is 2.19. The zero-order chi connectivity index (χ0) is 12.4. The first-order valence-corrected chi connectivity index (χ1v) is 5.61. The summed E-state index contributed by atoms with van der Waals surface area (Å²) < 4.78 is 14.3. The number of rotatable bonds is 7. The molecule has 1 atom stereocenters. The van der Waals surface area contributed by atoms with Gasteiger partial charge in [0, 0.05) is 0 Å². The van der Waals surface area contributed by atoms with Crippen LogP contribution in [0.3, 0.4) is 0 Å². The Balaban J connectivity index is 3.73. The number of esters is 1. The average molecular weight is 232 g/mol. The minimum Gasteiger partial charge on any atom is -0.463 e. The molecular formula is C11H20O5. The van der Waals surface area contributed by atoms with Gasteiger partial charge in [-0.15, -0.1) is 0 Å². The largest absolute Gasteiger partial charge is 0.509 e. The van der Waals surface area contributed by atoms with E-state index < -0.39 is 18.2 Å². The minimum absolute atomic E-state index is 0.288. The molecule has 0 saturated heterocycles. The first-order chi connectivity index (χ1) is 7.61. The second-order valence-corrected chi connectivity index (χ2v) is 3.38. The summed E-state index contributed by atoms with van der Waals surface area (Å²) in [5.74, 6) is -0.540. The number of carbonyl (C=O) groups excluding carboxylic acids is 2. The Kier molecular flexibility index (Phi) is 8.29. The number of carbonyl (C=O) groups is 2. The van der Waals surface area contributed by atoms with E-state index in [0.717, 1.165) is 12.8 Å². The van der Waals surface area contributed by atoms with Crippen molar-refractivity contribution in [2.45, 2.75) is 46.1 Å². The number of ether oxygens (including phenoxy) is 3. The van der Waals surface area contributed by atoms with Crippen LogP contribution in [0.2, 0.25) is 0 Å². The molecule has 0 radical (unpaired) electrons. The van der Waals surface area contributed by atoms with Crippen molar-refractivity contribution in [1.82, 2.24) is 0 Å². The maximum atomic E-state index is 11.3. The highest BCUT2D eigenvalue weighted by atomic mass is 16.7. The molecule has 0 aliphatic rings. The molecule has 0 saturated carbocycles. The van der Waals surface area contributed by atoms with Gasteiger partial charge in [0.05, 0.1) is 13.2 Å². The van der Waals surface area contributed by atoms with Crippen LogP contribution in [0.5, 0.6) is 0 Å². The Morgan fingerprint density at radius 1 is 1.06 bits per heavy atom. The third kappa shape index (κ3) is 7.09. The van der Waals surface area contributed by atoms with E-state index in [2.05, 4.69) is 4.74 Å². The monoisotopic (exact) mass is 232 g/mol. The van der Waals surface area contributed by atoms with Crippen molar-refractivity contribution in [2.24, 2.45) is 0 Å². The Bertz CT molecular complexity index is 214. The van der Waals surface area contributed by atoms with Gasteiger partial charge in [0.15, 0.2) is 6.10 Å². The summed E-state index contributed by atoms with van der Waals surface area (Å²) in [5.41, 5.74) is 0. The van der Waals surface area contributed by atoms with Crippen LogP contribution in [0, 0.1) is 0 Å². The smallest absolute Gasteiger partial charge is 0.463 e. The van der Waals surface area contributed by atoms with Gasteiger partial charge < -0.3 is 14.2 Å². The molecule has 0 N–H and O–H groups in total. The molecule has 0 bridgehead atoms. The van der Waals surface area contributed by atoms with Gasteiger partial charge in [0.25, 0.3) is 0 Å². The van der Waals surface area contributed by atoms with E-state index in [1.807, 2.05) is 13.8 Å². The van der Waals surface area contributed by atoms with Crippen LogP contribution in [0.4, 0.5) is 4.79 Å². The molecule has 0 spiro atoms. The number of hydrogen-bond acceptors (Lipinski definition) is 5. The molecule has 16 heavy (non-hydrogen) atoms. The quantitative estimate of drug-likeness (QED) is 0.497. The Hall–Kier alpha value is -1.26. The van der Waals surface area contributed by atoms with Crippen molar-refractivity contribution in [3.05, 3.63) is 0 Å². The molecule has 0 unspecified atom stereocenters. The van der Waals surface area contributed by atoms with Crippen LogP contribution in [0.15, 0.2) is 0 Å². The Morgan fingerprint density at radius 3 is 2.31 bits per heavy atom. The maximum Gasteiger partial charge on any atom is 0.509 e. The molecule has 5 heteroatoms. The predicted octanol–water partition coefficient (Wildman–Crippen LogP) is 2.28. The zero-order valence-corrected chi connectivity index (χ0v) is 10.2. The van der Waals surface area contributed by atoms with Gasteiger partial charge in [-0.1, -0.05) is 20.3 Å². The molecular weight excluding hydrogens is 212 g/mol. The topological polar surface area (TPSA) is 61.8 Å². The van der Waals surface area contributed by atoms with Crippen LogP contribution in [0.25, 0.3) is 0 Å². The van der Waals surface area contributed by atoms with Crippen LogP contribution in [-0.2, 0) is 19.0 Å². The van der Waals surface area contributed by atoms with Gasteiger partial charge in [0.2, 0.25) is 0 Å². The summed E-state index contributed by atoms with van der Waals surface area (Å²) in [6.07, 6.45) is 0.715. The van der Waals surface area contributed by atoms with Gasteiger partial charge in [-0.3, -0.25) is 0 Å². The Morgan fingerprint density at radius 2 is 1.75 bits per heavy atom. The lowest BCUT2D eigenvalue weighted by Crippen LogP contribution is -2.27. The maximum absolute atomic E-state index is 11.3. The van der Waals surface area contributed by atoms with Crippen molar-refractivity contribution in [3.63, 3.8) is 0 Å². The summed E-state index contributed by atoms with van der Waals surface area (Å²) in [5, 5.41) is 0. The fourth-order valence-electron chi connectivity index (χ4n) is 0.846. The highest BCUT2D eigenvalue weighted by Crippen LogP contribution is 1.99. The van der Waals surface area contributed by atoms with E-state index in [4.69, 9.17) is 9.47 Å². The second-order valence-electron chi connectivity index (χ2n) is 3.38. The SMILES string of the molecule is CCCCOC(=O)[C@@H](C)OC(=O)OCCC. The summed E-state index contributed by atoms with van der Waals surface area (Å²) in [7, 11) is 0. The Labute approximate surface area is 96.1 Å². The van der Waals surface area contributed by atoms with E-state index in [0.29, 0.717) is 13.0 Å².